The summed E-state index contributed by atoms with van der Waals surface area (Å²) in [7, 11) is 0. The number of ether oxygens (including phenoxy) is 2. The molecule has 0 spiro atoms. The van der Waals surface area contributed by atoms with Crippen molar-refractivity contribution >= 4 is 23.3 Å². The number of hydrogen-bond donors (Lipinski definition) is 2. The Morgan fingerprint density at radius 2 is 1.73 bits per heavy atom. The van der Waals surface area contributed by atoms with E-state index in [2.05, 4.69) is 17.2 Å². The Labute approximate surface area is 152 Å². The molecule has 0 aliphatic rings. The van der Waals surface area contributed by atoms with Crippen molar-refractivity contribution in [2.24, 2.45) is 0 Å². The quantitative estimate of drug-likeness (QED) is 0.535. The number of benzene rings is 2. The van der Waals surface area contributed by atoms with E-state index in [9.17, 15) is 9.59 Å². The molecule has 0 saturated carbocycles. The van der Waals surface area contributed by atoms with Crippen molar-refractivity contribution in [3.05, 3.63) is 67.3 Å². The van der Waals surface area contributed by atoms with E-state index < -0.39 is 12.1 Å². The van der Waals surface area contributed by atoms with E-state index in [0.29, 0.717) is 12.3 Å². The summed E-state index contributed by atoms with van der Waals surface area (Å²) >= 11 is 0. The molecule has 0 unspecified atom stereocenters. The maximum Gasteiger partial charge on any atom is 0.344 e. The number of carbonyl (C=O) groups excluding carboxylic acids is 2. The smallest absolute Gasteiger partial charge is 0.344 e. The second-order valence-electron chi connectivity index (χ2n) is 5.47. The number of para-hydroxylation sites is 1. The van der Waals surface area contributed by atoms with Crippen molar-refractivity contribution in [1.29, 1.82) is 0 Å². The minimum Gasteiger partial charge on any atom is -0.482 e. The Morgan fingerprint density at radius 1 is 1.08 bits per heavy atom. The Bertz CT molecular complexity index is 729. The zero-order valence-electron chi connectivity index (χ0n) is 14.6. The lowest BCUT2D eigenvalue weighted by Crippen LogP contribution is -2.36. The molecule has 0 bridgehead atoms. The van der Waals surface area contributed by atoms with Crippen LogP contribution < -0.4 is 15.4 Å². The van der Waals surface area contributed by atoms with Crippen molar-refractivity contribution < 1.29 is 19.1 Å². The number of esters is 1. The van der Waals surface area contributed by atoms with Gasteiger partial charge in [-0.15, -0.1) is 6.58 Å². The van der Waals surface area contributed by atoms with Gasteiger partial charge in [0, 0.05) is 17.9 Å². The summed E-state index contributed by atoms with van der Waals surface area (Å²) < 4.78 is 10.4. The molecule has 1 atom stereocenters. The molecule has 1 amide bonds. The average molecular weight is 354 g/mol. The topological polar surface area (TPSA) is 76.7 Å². The van der Waals surface area contributed by atoms with Crippen molar-refractivity contribution in [3.8, 4) is 5.75 Å². The highest BCUT2D eigenvalue weighted by molar-refractivity contribution is 5.83. The second kappa shape index (κ2) is 9.88. The van der Waals surface area contributed by atoms with Crippen molar-refractivity contribution in [3.63, 3.8) is 0 Å². The van der Waals surface area contributed by atoms with Crippen LogP contribution in [0.3, 0.4) is 0 Å². The zero-order valence-corrected chi connectivity index (χ0v) is 14.6. The predicted molar refractivity (Wildman–Crippen MR) is 100 cm³/mol. The van der Waals surface area contributed by atoms with Crippen LogP contribution in [0, 0.1) is 0 Å². The molecule has 0 fully saturated rings. The van der Waals surface area contributed by atoms with E-state index in [1.54, 1.807) is 18.2 Å². The van der Waals surface area contributed by atoms with E-state index in [1.807, 2.05) is 42.5 Å². The first-order valence-corrected chi connectivity index (χ1v) is 8.21. The first-order chi connectivity index (χ1) is 12.6. The van der Waals surface area contributed by atoms with Gasteiger partial charge < -0.3 is 20.1 Å². The molecule has 0 saturated heterocycles. The molecule has 0 heterocycles. The summed E-state index contributed by atoms with van der Waals surface area (Å²) in [6.45, 7) is 5.05. The molecule has 0 aliphatic heterocycles. The second-order valence-corrected chi connectivity index (χ2v) is 5.47. The van der Waals surface area contributed by atoms with Crippen LogP contribution in [0.1, 0.15) is 6.92 Å². The monoisotopic (exact) mass is 354 g/mol. The van der Waals surface area contributed by atoms with Gasteiger partial charge in [0.05, 0.1) is 0 Å². The van der Waals surface area contributed by atoms with Gasteiger partial charge in [-0.05, 0) is 43.3 Å². The molecule has 6 heteroatoms. The van der Waals surface area contributed by atoms with Crippen LogP contribution >= 0.6 is 0 Å². The summed E-state index contributed by atoms with van der Waals surface area (Å²) in [6, 6.07) is 17.0. The lowest BCUT2D eigenvalue weighted by Gasteiger charge is -2.13. The highest BCUT2D eigenvalue weighted by atomic mass is 16.6. The molecule has 2 N–H and O–H groups in total. The third-order valence-electron chi connectivity index (χ3n) is 3.37. The fraction of sp³-hybridized carbons (Fsp3) is 0.200. The fourth-order valence-corrected chi connectivity index (χ4v) is 2.07. The fourth-order valence-electron chi connectivity index (χ4n) is 2.07. The van der Waals surface area contributed by atoms with Gasteiger partial charge in [0.2, 0.25) is 0 Å². The molecule has 0 aliphatic carbocycles. The highest BCUT2D eigenvalue weighted by Crippen LogP contribution is 2.19. The van der Waals surface area contributed by atoms with Gasteiger partial charge in [-0.3, -0.25) is 4.79 Å². The number of hydrogen-bond acceptors (Lipinski definition) is 5. The molecule has 26 heavy (non-hydrogen) atoms. The molecular weight excluding hydrogens is 332 g/mol. The van der Waals surface area contributed by atoms with Crippen LogP contribution in [0.15, 0.2) is 67.3 Å². The van der Waals surface area contributed by atoms with Gasteiger partial charge >= 0.3 is 5.97 Å². The molecule has 0 radical (unpaired) electrons. The van der Waals surface area contributed by atoms with Gasteiger partial charge in [-0.2, -0.15) is 0 Å². The zero-order chi connectivity index (χ0) is 18.8. The Balaban J connectivity index is 1.77. The maximum absolute atomic E-state index is 11.8. The van der Waals surface area contributed by atoms with E-state index in [1.165, 1.54) is 6.92 Å². The summed E-state index contributed by atoms with van der Waals surface area (Å²) in [5.74, 6) is -0.461. The number of nitrogens with one attached hydrogen (secondary N) is 2. The van der Waals surface area contributed by atoms with Crippen LogP contribution in [-0.2, 0) is 14.3 Å². The number of anilines is 2. The Hall–Kier alpha value is -3.28. The van der Waals surface area contributed by atoms with Crippen LogP contribution in [0.25, 0.3) is 0 Å². The van der Waals surface area contributed by atoms with Gasteiger partial charge in [0.25, 0.3) is 5.91 Å². The summed E-state index contributed by atoms with van der Waals surface area (Å²) in [4.78, 5) is 23.4. The molecule has 2 aromatic carbocycles. The van der Waals surface area contributed by atoms with Crippen molar-refractivity contribution in [2.45, 2.75) is 13.0 Å². The number of amides is 1. The maximum atomic E-state index is 11.8. The normalized spacial score (nSPS) is 11.1. The lowest BCUT2D eigenvalue weighted by atomic mass is 10.2. The van der Waals surface area contributed by atoms with E-state index in [0.717, 1.165) is 11.4 Å². The summed E-state index contributed by atoms with van der Waals surface area (Å²) in [5, 5.41) is 5.81. The lowest BCUT2D eigenvalue weighted by molar-refractivity contribution is -0.156. The van der Waals surface area contributed by atoms with Gasteiger partial charge in [-0.1, -0.05) is 24.3 Å². The molecule has 2 aromatic rings. The predicted octanol–water partition coefficient (Wildman–Crippen LogP) is 3.04. The van der Waals surface area contributed by atoms with E-state index >= 15 is 0 Å². The summed E-state index contributed by atoms with van der Waals surface area (Å²) in [5.41, 5.74) is 1.88. The largest absolute Gasteiger partial charge is 0.482 e. The van der Waals surface area contributed by atoms with Crippen molar-refractivity contribution in [2.75, 3.05) is 18.5 Å². The Morgan fingerprint density at radius 3 is 2.38 bits per heavy atom. The first-order valence-electron chi connectivity index (χ1n) is 8.21. The SMILES string of the molecule is C=CCNC(=O)[C@@H](C)OC(=O)COc1ccc(Nc2ccccc2)cc1. The summed E-state index contributed by atoms with van der Waals surface area (Å²) in [6.07, 6.45) is 0.662. The first kappa shape index (κ1) is 19.1. The van der Waals surface area contributed by atoms with Crippen LogP contribution in [-0.4, -0.2) is 31.1 Å². The Kier molecular flexibility index (Phi) is 7.24. The molecule has 6 nitrogen and oxygen atoms in total. The third kappa shape index (κ3) is 6.32. The van der Waals surface area contributed by atoms with Gasteiger partial charge in [0.1, 0.15) is 5.75 Å². The standard InChI is InChI=1S/C20H22N2O4/c1-3-13-21-20(24)15(2)26-19(23)14-25-18-11-9-17(10-12-18)22-16-7-5-4-6-8-16/h3-12,15,22H,1,13-14H2,2H3,(H,21,24)/t15-/m1/s1. The molecule has 2 rings (SSSR count). The minimum atomic E-state index is -0.886. The highest BCUT2D eigenvalue weighted by Gasteiger charge is 2.17. The molecule has 0 aromatic heterocycles. The minimum absolute atomic E-state index is 0.273. The number of rotatable bonds is 9. The average Bonchev–Trinajstić information content (AvgIpc) is 2.66. The van der Waals surface area contributed by atoms with Crippen LogP contribution in [0.2, 0.25) is 0 Å². The van der Waals surface area contributed by atoms with E-state index in [-0.39, 0.29) is 12.5 Å². The van der Waals surface area contributed by atoms with Gasteiger partial charge in [0.15, 0.2) is 12.7 Å². The molecular formula is C20H22N2O4. The van der Waals surface area contributed by atoms with Gasteiger partial charge in [-0.25, -0.2) is 4.79 Å². The number of carbonyl (C=O) groups is 2. The van der Waals surface area contributed by atoms with E-state index in [4.69, 9.17) is 9.47 Å². The third-order valence-corrected chi connectivity index (χ3v) is 3.37. The molecule has 136 valence electrons. The van der Waals surface area contributed by atoms with Crippen LogP contribution in [0.4, 0.5) is 11.4 Å². The van der Waals surface area contributed by atoms with Crippen LogP contribution in [0.5, 0.6) is 5.75 Å². The van der Waals surface area contributed by atoms with Crippen molar-refractivity contribution in [1.82, 2.24) is 5.32 Å².